The van der Waals surface area contributed by atoms with Crippen LogP contribution in [0.5, 0.6) is 0 Å². The number of piperidine rings is 1. The van der Waals surface area contributed by atoms with Crippen LogP contribution in [0.3, 0.4) is 0 Å². The Morgan fingerprint density at radius 3 is 2.56 bits per heavy atom. The minimum Gasteiger partial charge on any atom is -0.387 e. The summed E-state index contributed by atoms with van der Waals surface area (Å²) in [4.78, 5) is 18.0. The molecule has 1 aromatic carbocycles. The van der Waals surface area contributed by atoms with Gasteiger partial charge in [-0.15, -0.1) is 0 Å². The molecule has 0 aromatic heterocycles. The summed E-state index contributed by atoms with van der Waals surface area (Å²) in [5.74, 6) is -0.993. The molecular formula is C18H23ClF2N4OS. The first-order valence-electron chi connectivity index (χ1n) is 8.56. The molecule has 1 saturated heterocycles. The topological polar surface area (TPSA) is 70.7 Å². The van der Waals surface area contributed by atoms with Crippen LogP contribution in [0.2, 0.25) is 5.02 Å². The van der Waals surface area contributed by atoms with Crippen LogP contribution >= 0.6 is 23.8 Å². The highest BCUT2D eigenvalue weighted by Gasteiger charge is 2.38. The van der Waals surface area contributed by atoms with Crippen LogP contribution in [0.25, 0.3) is 0 Å². The van der Waals surface area contributed by atoms with E-state index in [1.54, 1.807) is 11.8 Å². The molecule has 0 aliphatic carbocycles. The minimum atomic E-state index is -0.640. The van der Waals surface area contributed by atoms with Gasteiger partial charge in [-0.1, -0.05) is 11.6 Å². The molecule has 1 aliphatic rings. The number of likely N-dealkylation sites (tertiary alicyclic amines) is 1. The maximum absolute atomic E-state index is 14.1. The van der Waals surface area contributed by atoms with E-state index in [9.17, 15) is 13.6 Å². The highest BCUT2D eigenvalue weighted by Crippen LogP contribution is 2.34. The SMILES string of the molecule is C/C(N)=N/C(=S)NC(=O)N1CCC(Cc2c(F)cc(Cl)cc2F)CC1(C)C. The van der Waals surface area contributed by atoms with Crippen molar-refractivity contribution in [2.24, 2.45) is 16.6 Å². The number of nitrogens with one attached hydrogen (secondary N) is 1. The molecule has 148 valence electrons. The maximum Gasteiger partial charge on any atom is 0.324 e. The number of amidine groups is 1. The Bertz CT molecular complexity index is 758. The molecular weight excluding hydrogens is 394 g/mol. The first-order chi connectivity index (χ1) is 12.5. The van der Waals surface area contributed by atoms with Crippen LogP contribution in [0, 0.1) is 17.6 Å². The number of amides is 2. The van der Waals surface area contributed by atoms with Crippen molar-refractivity contribution in [3.8, 4) is 0 Å². The maximum atomic E-state index is 14.1. The van der Waals surface area contributed by atoms with Crippen molar-refractivity contribution in [2.45, 2.75) is 45.6 Å². The predicted octanol–water partition coefficient (Wildman–Crippen LogP) is 4.02. The van der Waals surface area contributed by atoms with Gasteiger partial charge in [0, 0.05) is 22.7 Å². The number of hydrogen-bond acceptors (Lipinski definition) is 2. The van der Waals surface area contributed by atoms with E-state index >= 15 is 0 Å². The summed E-state index contributed by atoms with van der Waals surface area (Å²) in [5.41, 5.74) is 4.98. The second kappa shape index (κ2) is 8.48. The zero-order chi connectivity index (χ0) is 20.4. The molecule has 1 unspecified atom stereocenters. The molecule has 1 fully saturated rings. The number of urea groups is 1. The summed E-state index contributed by atoms with van der Waals surface area (Å²) >= 11 is 10.7. The molecule has 2 rings (SSSR count). The van der Waals surface area contributed by atoms with E-state index in [2.05, 4.69) is 10.3 Å². The van der Waals surface area contributed by atoms with Crippen molar-refractivity contribution in [1.82, 2.24) is 10.2 Å². The summed E-state index contributed by atoms with van der Waals surface area (Å²) in [7, 11) is 0. The summed E-state index contributed by atoms with van der Waals surface area (Å²) < 4.78 is 28.2. The summed E-state index contributed by atoms with van der Waals surface area (Å²) in [5, 5.41) is 2.58. The van der Waals surface area contributed by atoms with Crippen molar-refractivity contribution in [2.75, 3.05) is 6.54 Å². The Labute approximate surface area is 168 Å². The molecule has 3 N–H and O–H groups in total. The van der Waals surface area contributed by atoms with Crippen molar-refractivity contribution >= 4 is 40.8 Å². The molecule has 2 amide bonds. The lowest BCUT2D eigenvalue weighted by Crippen LogP contribution is -2.56. The van der Waals surface area contributed by atoms with E-state index in [-0.39, 0.29) is 39.9 Å². The van der Waals surface area contributed by atoms with E-state index in [1.807, 2.05) is 13.8 Å². The predicted molar refractivity (Wildman–Crippen MR) is 107 cm³/mol. The van der Waals surface area contributed by atoms with Gasteiger partial charge in [0.25, 0.3) is 0 Å². The van der Waals surface area contributed by atoms with Crippen LogP contribution in [-0.2, 0) is 6.42 Å². The fourth-order valence-electron chi connectivity index (χ4n) is 3.49. The molecule has 1 aromatic rings. The highest BCUT2D eigenvalue weighted by molar-refractivity contribution is 7.80. The Hall–Kier alpha value is -1.80. The number of carbonyl (C=O) groups excluding carboxylic acids is 1. The highest BCUT2D eigenvalue weighted by atomic mass is 35.5. The summed E-state index contributed by atoms with van der Waals surface area (Å²) in [6.45, 7) is 5.83. The normalized spacial score (nSPS) is 19.7. The molecule has 0 saturated carbocycles. The number of nitrogens with two attached hydrogens (primary N) is 1. The Balaban J connectivity index is 2.06. The molecule has 0 spiro atoms. The summed E-state index contributed by atoms with van der Waals surface area (Å²) in [6.07, 6.45) is 1.46. The smallest absolute Gasteiger partial charge is 0.324 e. The van der Waals surface area contributed by atoms with E-state index in [0.717, 1.165) is 12.1 Å². The van der Waals surface area contributed by atoms with Gasteiger partial charge in [-0.3, -0.25) is 5.32 Å². The van der Waals surface area contributed by atoms with Gasteiger partial charge in [0.1, 0.15) is 11.6 Å². The second-order valence-electron chi connectivity index (χ2n) is 7.36. The van der Waals surface area contributed by atoms with E-state index in [0.29, 0.717) is 19.4 Å². The Morgan fingerprint density at radius 2 is 2.04 bits per heavy atom. The number of nitrogens with zero attached hydrogens (tertiary/aromatic N) is 2. The molecule has 1 aliphatic heterocycles. The van der Waals surface area contributed by atoms with Gasteiger partial charge in [0.15, 0.2) is 0 Å². The van der Waals surface area contributed by atoms with E-state index in [1.165, 1.54) is 0 Å². The van der Waals surface area contributed by atoms with Crippen LogP contribution in [0.15, 0.2) is 17.1 Å². The lowest BCUT2D eigenvalue weighted by molar-refractivity contribution is 0.0770. The van der Waals surface area contributed by atoms with Crippen molar-refractivity contribution < 1.29 is 13.6 Å². The van der Waals surface area contributed by atoms with E-state index < -0.39 is 17.2 Å². The number of hydrogen-bond donors (Lipinski definition) is 2. The lowest BCUT2D eigenvalue weighted by atomic mass is 9.79. The van der Waals surface area contributed by atoms with Crippen molar-refractivity contribution in [3.05, 3.63) is 34.4 Å². The zero-order valence-corrected chi connectivity index (χ0v) is 17.1. The van der Waals surface area contributed by atoms with Crippen LogP contribution in [0.4, 0.5) is 13.6 Å². The van der Waals surface area contributed by atoms with Crippen LogP contribution < -0.4 is 11.1 Å². The second-order valence-corrected chi connectivity index (χ2v) is 8.19. The average molecular weight is 417 g/mol. The number of rotatable bonds is 2. The lowest BCUT2D eigenvalue weighted by Gasteiger charge is -2.45. The minimum absolute atomic E-state index is 0.00299. The van der Waals surface area contributed by atoms with Gasteiger partial charge in [0.2, 0.25) is 5.11 Å². The zero-order valence-electron chi connectivity index (χ0n) is 15.5. The molecule has 0 radical (unpaired) electrons. The van der Waals surface area contributed by atoms with Gasteiger partial charge in [-0.2, -0.15) is 0 Å². The molecule has 1 atom stereocenters. The van der Waals surface area contributed by atoms with Gasteiger partial charge < -0.3 is 10.6 Å². The van der Waals surface area contributed by atoms with Crippen molar-refractivity contribution in [3.63, 3.8) is 0 Å². The van der Waals surface area contributed by atoms with Gasteiger partial charge in [-0.25, -0.2) is 18.6 Å². The Kier molecular flexibility index (Phi) is 6.75. The largest absolute Gasteiger partial charge is 0.387 e. The van der Waals surface area contributed by atoms with Crippen LogP contribution in [0.1, 0.15) is 39.2 Å². The molecule has 1 heterocycles. The monoisotopic (exact) mass is 416 g/mol. The molecule has 0 bridgehead atoms. The fourth-order valence-corrected chi connectivity index (χ4v) is 3.91. The van der Waals surface area contributed by atoms with Gasteiger partial charge in [0.05, 0.1) is 5.84 Å². The fraction of sp³-hybridized carbons (Fsp3) is 0.500. The molecule has 5 nitrogen and oxygen atoms in total. The number of carbonyl (C=O) groups is 1. The third-order valence-electron chi connectivity index (χ3n) is 4.62. The first-order valence-corrected chi connectivity index (χ1v) is 9.35. The van der Waals surface area contributed by atoms with Gasteiger partial charge >= 0.3 is 6.03 Å². The number of aliphatic imine (C=N–C) groups is 1. The molecule has 9 heteroatoms. The quantitative estimate of drug-likeness (QED) is 0.434. The van der Waals surface area contributed by atoms with E-state index in [4.69, 9.17) is 29.6 Å². The average Bonchev–Trinajstić information content (AvgIpc) is 2.48. The standard InChI is InChI=1S/C18H23ClF2N4OS/c1-10(22)23-16(27)24-17(26)25-5-4-11(9-18(25,2)3)6-13-14(20)7-12(19)8-15(13)21/h7-8,11H,4-6,9H2,1-3H3,(H3,22,23,24,26,27). The number of halogens is 3. The Morgan fingerprint density at radius 1 is 1.44 bits per heavy atom. The molecule has 27 heavy (non-hydrogen) atoms. The number of thiocarbonyl (C=S) groups is 1. The van der Waals surface area contributed by atoms with Crippen LogP contribution in [-0.4, -0.2) is 34.0 Å². The first kappa shape index (κ1) is 21.5. The third-order valence-corrected chi connectivity index (χ3v) is 5.03. The summed E-state index contributed by atoms with van der Waals surface area (Å²) in [6, 6.07) is 1.88. The number of benzene rings is 1. The third kappa shape index (κ3) is 5.59. The van der Waals surface area contributed by atoms with Crippen molar-refractivity contribution in [1.29, 1.82) is 0 Å². The van der Waals surface area contributed by atoms with Gasteiger partial charge in [-0.05, 0) is 70.3 Å².